The van der Waals surface area contributed by atoms with E-state index in [9.17, 15) is 22.4 Å². The summed E-state index contributed by atoms with van der Waals surface area (Å²) in [6, 6.07) is 11.8. The number of carbonyl (C=O) groups excluding carboxylic acids is 1. The molecule has 1 aromatic heterocycles. The number of halogens is 1. The van der Waals surface area contributed by atoms with Crippen molar-refractivity contribution in [2.75, 3.05) is 11.1 Å². The van der Waals surface area contributed by atoms with Gasteiger partial charge in [-0.2, -0.15) is 0 Å². The Morgan fingerprint density at radius 2 is 1.90 bits per heavy atom. The van der Waals surface area contributed by atoms with Crippen LogP contribution in [0.2, 0.25) is 0 Å². The number of rotatable bonds is 7. The van der Waals surface area contributed by atoms with Gasteiger partial charge in [0.25, 0.3) is 5.56 Å². The number of nitrogens with one attached hydrogen (secondary N) is 2. The van der Waals surface area contributed by atoms with E-state index in [1.54, 1.807) is 18.2 Å². The molecular formula is C21H20FN3O4S2. The molecule has 0 aliphatic heterocycles. The molecule has 0 saturated heterocycles. The quantitative estimate of drug-likeness (QED) is 0.411. The van der Waals surface area contributed by atoms with Gasteiger partial charge in [0.05, 0.1) is 16.8 Å². The molecule has 0 unspecified atom stereocenters. The van der Waals surface area contributed by atoms with Gasteiger partial charge in [-0.25, -0.2) is 17.8 Å². The molecule has 1 amide bonds. The number of carbonyl (C=O) groups is 1. The Balaban J connectivity index is 1.70. The highest BCUT2D eigenvalue weighted by Crippen LogP contribution is 2.22. The second-order valence-corrected chi connectivity index (χ2v) is 9.84. The second-order valence-electron chi connectivity index (χ2n) is 6.96. The van der Waals surface area contributed by atoms with Gasteiger partial charge in [-0.15, -0.1) is 0 Å². The number of H-pyrrole nitrogens is 1. The van der Waals surface area contributed by atoms with Crippen molar-refractivity contribution in [1.82, 2.24) is 9.97 Å². The molecule has 0 spiro atoms. The number of aromatic nitrogens is 2. The van der Waals surface area contributed by atoms with Crippen molar-refractivity contribution in [2.45, 2.75) is 34.7 Å². The molecule has 0 aliphatic carbocycles. The van der Waals surface area contributed by atoms with Crippen LogP contribution in [0.15, 0.2) is 74.5 Å². The summed E-state index contributed by atoms with van der Waals surface area (Å²) in [5.41, 5.74) is 0.460. The summed E-state index contributed by atoms with van der Waals surface area (Å²) in [6.45, 7) is 3.99. The number of anilines is 1. The molecule has 0 aliphatic rings. The molecule has 1 heterocycles. The van der Waals surface area contributed by atoms with Crippen molar-refractivity contribution in [3.8, 4) is 0 Å². The van der Waals surface area contributed by atoms with Crippen LogP contribution in [-0.4, -0.2) is 30.0 Å². The average Bonchev–Trinajstić information content (AvgIpc) is 2.72. The molecule has 2 N–H and O–H groups in total. The first-order valence-corrected chi connectivity index (χ1v) is 11.8. The summed E-state index contributed by atoms with van der Waals surface area (Å²) in [6.07, 6.45) is 0.983. The molecule has 0 atom stereocenters. The highest BCUT2D eigenvalue weighted by molar-refractivity contribution is 7.99. The minimum atomic E-state index is -4.04. The molecule has 10 heteroatoms. The van der Waals surface area contributed by atoms with Crippen LogP contribution < -0.4 is 10.9 Å². The monoisotopic (exact) mass is 461 g/mol. The van der Waals surface area contributed by atoms with E-state index >= 15 is 0 Å². The maximum Gasteiger partial charge on any atom is 0.270 e. The normalized spacial score (nSPS) is 11.5. The van der Waals surface area contributed by atoms with E-state index in [-0.39, 0.29) is 21.7 Å². The number of hydrogen-bond acceptors (Lipinski definition) is 6. The van der Waals surface area contributed by atoms with Crippen LogP contribution in [0.1, 0.15) is 25.3 Å². The summed E-state index contributed by atoms with van der Waals surface area (Å²) in [5, 5.41) is 2.61. The molecular weight excluding hydrogens is 441 g/mol. The Labute approximate surface area is 183 Å². The first kappa shape index (κ1) is 22.7. The molecule has 0 radical (unpaired) electrons. The van der Waals surface area contributed by atoms with Gasteiger partial charge in [0.2, 0.25) is 15.7 Å². The topological polar surface area (TPSA) is 109 Å². The molecule has 31 heavy (non-hydrogen) atoms. The molecule has 0 bridgehead atoms. The lowest BCUT2D eigenvalue weighted by atomic mass is 10.0. The SMILES string of the molecule is CC(C)c1ccc(S(=O)(=O)c2cnc(SCC(=O)Nc3cccc(F)c3)[nH]c2=O)cc1. The smallest absolute Gasteiger partial charge is 0.270 e. The van der Waals surface area contributed by atoms with Gasteiger partial charge in [0.15, 0.2) is 10.1 Å². The number of sulfone groups is 1. The third-order valence-corrected chi connectivity index (χ3v) is 6.99. The van der Waals surface area contributed by atoms with Gasteiger partial charge < -0.3 is 10.3 Å². The van der Waals surface area contributed by atoms with E-state index < -0.39 is 32.0 Å². The van der Waals surface area contributed by atoms with Gasteiger partial charge in [-0.3, -0.25) is 9.59 Å². The molecule has 3 rings (SSSR count). The zero-order chi connectivity index (χ0) is 22.6. The van der Waals surface area contributed by atoms with Crippen LogP contribution >= 0.6 is 11.8 Å². The zero-order valence-corrected chi connectivity index (χ0v) is 18.4. The maximum absolute atomic E-state index is 13.2. The number of thioether (sulfide) groups is 1. The molecule has 7 nitrogen and oxygen atoms in total. The fourth-order valence-corrected chi connectivity index (χ4v) is 4.55. The van der Waals surface area contributed by atoms with Gasteiger partial charge >= 0.3 is 0 Å². The lowest BCUT2D eigenvalue weighted by Gasteiger charge is -2.08. The Bertz CT molecular complexity index is 1260. The number of amides is 1. The number of nitrogens with zero attached hydrogens (tertiary/aromatic N) is 1. The van der Waals surface area contributed by atoms with Crippen molar-refractivity contribution in [1.29, 1.82) is 0 Å². The van der Waals surface area contributed by atoms with E-state index in [1.165, 1.54) is 30.3 Å². The van der Waals surface area contributed by atoms with Crippen LogP contribution in [0.4, 0.5) is 10.1 Å². The van der Waals surface area contributed by atoms with E-state index in [0.717, 1.165) is 23.5 Å². The van der Waals surface area contributed by atoms with Gasteiger partial charge in [0, 0.05) is 5.69 Å². The highest BCUT2D eigenvalue weighted by Gasteiger charge is 2.22. The van der Waals surface area contributed by atoms with Crippen LogP contribution in [-0.2, 0) is 14.6 Å². The summed E-state index contributed by atoms with van der Waals surface area (Å²) >= 11 is 0.919. The Morgan fingerprint density at radius 3 is 2.52 bits per heavy atom. The molecule has 162 valence electrons. The second kappa shape index (κ2) is 9.44. The van der Waals surface area contributed by atoms with E-state index in [2.05, 4.69) is 15.3 Å². The Morgan fingerprint density at radius 1 is 1.19 bits per heavy atom. The summed E-state index contributed by atoms with van der Waals surface area (Å²) in [4.78, 5) is 30.2. The standard InChI is InChI=1S/C21H20FN3O4S2/c1-13(2)14-6-8-17(9-7-14)31(28,29)18-11-23-21(25-20(18)27)30-12-19(26)24-16-5-3-4-15(22)10-16/h3-11,13H,12H2,1-2H3,(H,24,26)(H,23,25,27). The molecule has 0 fully saturated rings. The zero-order valence-electron chi connectivity index (χ0n) is 16.8. The van der Waals surface area contributed by atoms with Crippen molar-refractivity contribution < 1.29 is 17.6 Å². The van der Waals surface area contributed by atoms with Gasteiger partial charge in [-0.05, 0) is 41.8 Å². The first-order valence-electron chi connectivity index (χ1n) is 9.29. The Hall–Kier alpha value is -2.98. The predicted octanol–water partition coefficient (Wildman–Crippen LogP) is 3.60. The molecule has 3 aromatic rings. The lowest BCUT2D eigenvalue weighted by Crippen LogP contribution is -2.20. The fraction of sp³-hybridized carbons (Fsp3) is 0.190. The third-order valence-electron chi connectivity index (χ3n) is 4.34. The molecule has 0 saturated carbocycles. The van der Waals surface area contributed by atoms with Crippen molar-refractivity contribution >= 4 is 33.2 Å². The number of aromatic amines is 1. The largest absolute Gasteiger partial charge is 0.325 e. The van der Waals surface area contributed by atoms with Crippen LogP contribution in [0.5, 0.6) is 0 Å². The predicted molar refractivity (Wildman–Crippen MR) is 117 cm³/mol. The average molecular weight is 462 g/mol. The Kier molecular flexibility index (Phi) is 6.91. The fourth-order valence-electron chi connectivity index (χ4n) is 2.69. The summed E-state index contributed by atoms with van der Waals surface area (Å²) in [5.74, 6) is -0.772. The summed E-state index contributed by atoms with van der Waals surface area (Å²) in [7, 11) is -4.04. The van der Waals surface area contributed by atoms with Gasteiger partial charge in [-0.1, -0.05) is 43.8 Å². The maximum atomic E-state index is 13.2. The van der Waals surface area contributed by atoms with Crippen molar-refractivity contribution in [3.05, 3.63) is 76.5 Å². The number of hydrogen-bond donors (Lipinski definition) is 2. The summed E-state index contributed by atoms with van der Waals surface area (Å²) < 4.78 is 38.7. The minimum absolute atomic E-state index is 0.000857. The lowest BCUT2D eigenvalue weighted by molar-refractivity contribution is -0.113. The van der Waals surface area contributed by atoms with Gasteiger partial charge in [0.1, 0.15) is 5.82 Å². The first-order chi connectivity index (χ1) is 14.7. The van der Waals surface area contributed by atoms with Crippen LogP contribution in [0.3, 0.4) is 0 Å². The molecule has 2 aromatic carbocycles. The van der Waals surface area contributed by atoms with E-state index in [4.69, 9.17) is 0 Å². The highest BCUT2D eigenvalue weighted by atomic mass is 32.2. The van der Waals surface area contributed by atoms with Crippen LogP contribution in [0.25, 0.3) is 0 Å². The third kappa shape index (κ3) is 5.59. The van der Waals surface area contributed by atoms with E-state index in [1.807, 2.05) is 13.8 Å². The van der Waals surface area contributed by atoms with Crippen LogP contribution in [0, 0.1) is 5.82 Å². The van der Waals surface area contributed by atoms with Crippen molar-refractivity contribution in [3.63, 3.8) is 0 Å². The van der Waals surface area contributed by atoms with Crippen molar-refractivity contribution in [2.24, 2.45) is 0 Å². The number of benzene rings is 2. The minimum Gasteiger partial charge on any atom is -0.325 e. The van der Waals surface area contributed by atoms with E-state index in [0.29, 0.717) is 5.69 Å².